The minimum Gasteiger partial charge on any atom is -0.378 e. The predicted octanol–water partition coefficient (Wildman–Crippen LogP) is -0.760. The highest BCUT2D eigenvalue weighted by Crippen LogP contribution is 2.18. The minimum absolute atomic E-state index is 0.0300. The van der Waals surface area contributed by atoms with Crippen molar-refractivity contribution in [2.75, 3.05) is 62.3 Å². The molecule has 3 fully saturated rings. The van der Waals surface area contributed by atoms with Crippen molar-refractivity contribution in [3.63, 3.8) is 0 Å². The van der Waals surface area contributed by atoms with Crippen molar-refractivity contribution in [2.24, 2.45) is 0 Å². The van der Waals surface area contributed by atoms with Crippen molar-refractivity contribution in [1.82, 2.24) is 20.4 Å². The third-order valence-electron chi connectivity index (χ3n) is 5.18. The van der Waals surface area contributed by atoms with Crippen LogP contribution in [-0.2, 0) is 14.3 Å². The molecule has 0 spiro atoms. The number of piperazine rings is 1. The summed E-state index contributed by atoms with van der Waals surface area (Å²) in [7, 11) is 0. The molecule has 3 aliphatic rings. The van der Waals surface area contributed by atoms with E-state index in [0.717, 1.165) is 51.0 Å². The first-order chi connectivity index (χ1) is 12.7. The molecule has 1 unspecified atom stereocenters. The van der Waals surface area contributed by atoms with Gasteiger partial charge in [-0.25, -0.2) is 0 Å². The summed E-state index contributed by atoms with van der Waals surface area (Å²) in [5.41, 5.74) is 0. The van der Waals surface area contributed by atoms with Crippen LogP contribution >= 0.6 is 0 Å². The molecular formula is C17H24N6O3. The Morgan fingerprint density at radius 2 is 1.62 bits per heavy atom. The van der Waals surface area contributed by atoms with Gasteiger partial charge in [0.2, 0.25) is 11.8 Å². The van der Waals surface area contributed by atoms with Gasteiger partial charge >= 0.3 is 0 Å². The SMILES string of the molecule is O=C1CCC(C(=O)N2CCN(c3ccc(N4CCOCC4)nn3)CC2)N1. The Balaban J connectivity index is 1.31. The van der Waals surface area contributed by atoms with E-state index in [9.17, 15) is 9.59 Å². The van der Waals surface area contributed by atoms with Crippen molar-refractivity contribution in [3.8, 4) is 0 Å². The molecule has 0 saturated carbocycles. The summed E-state index contributed by atoms with van der Waals surface area (Å²) in [6.07, 6.45) is 1.05. The van der Waals surface area contributed by atoms with E-state index in [1.165, 1.54) is 0 Å². The Hall–Kier alpha value is -2.42. The largest absolute Gasteiger partial charge is 0.378 e. The third-order valence-corrected chi connectivity index (χ3v) is 5.18. The summed E-state index contributed by atoms with van der Waals surface area (Å²) >= 11 is 0. The fourth-order valence-corrected chi connectivity index (χ4v) is 3.62. The maximum Gasteiger partial charge on any atom is 0.245 e. The van der Waals surface area contributed by atoms with Gasteiger partial charge in [-0.3, -0.25) is 9.59 Å². The maximum absolute atomic E-state index is 12.5. The molecule has 3 aliphatic heterocycles. The average molecular weight is 360 g/mol. The van der Waals surface area contributed by atoms with Gasteiger partial charge in [0.15, 0.2) is 11.6 Å². The fraction of sp³-hybridized carbons (Fsp3) is 0.647. The number of nitrogens with one attached hydrogen (secondary N) is 1. The van der Waals surface area contributed by atoms with Gasteiger partial charge in [0.05, 0.1) is 13.2 Å². The van der Waals surface area contributed by atoms with Gasteiger partial charge < -0.3 is 24.8 Å². The summed E-state index contributed by atoms with van der Waals surface area (Å²) in [6.45, 7) is 5.84. The van der Waals surface area contributed by atoms with Crippen LogP contribution < -0.4 is 15.1 Å². The van der Waals surface area contributed by atoms with Crippen LogP contribution in [0.5, 0.6) is 0 Å². The lowest BCUT2D eigenvalue weighted by atomic mass is 10.2. The Bertz CT molecular complexity index is 653. The summed E-state index contributed by atoms with van der Waals surface area (Å²) in [6, 6.07) is 3.65. The number of hydrogen-bond donors (Lipinski definition) is 1. The number of morpholine rings is 1. The van der Waals surface area contributed by atoms with E-state index in [2.05, 4.69) is 25.3 Å². The lowest BCUT2D eigenvalue weighted by Crippen LogP contribution is -2.53. The molecular weight excluding hydrogens is 336 g/mol. The van der Waals surface area contributed by atoms with Gasteiger partial charge in [-0.15, -0.1) is 10.2 Å². The summed E-state index contributed by atoms with van der Waals surface area (Å²) in [5.74, 6) is 1.72. The average Bonchev–Trinajstić information content (AvgIpc) is 3.15. The Kier molecular flexibility index (Phi) is 4.87. The summed E-state index contributed by atoms with van der Waals surface area (Å²) in [5, 5.41) is 11.5. The first-order valence-electron chi connectivity index (χ1n) is 9.20. The first-order valence-corrected chi connectivity index (χ1v) is 9.20. The number of anilines is 2. The monoisotopic (exact) mass is 360 g/mol. The zero-order valence-corrected chi connectivity index (χ0v) is 14.8. The lowest BCUT2D eigenvalue weighted by molar-refractivity contribution is -0.134. The number of nitrogens with zero attached hydrogens (tertiary/aromatic N) is 5. The van der Waals surface area contributed by atoms with Crippen molar-refractivity contribution < 1.29 is 14.3 Å². The van der Waals surface area contributed by atoms with E-state index in [1.807, 2.05) is 17.0 Å². The highest BCUT2D eigenvalue weighted by atomic mass is 16.5. The van der Waals surface area contributed by atoms with Crippen LogP contribution in [0, 0.1) is 0 Å². The van der Waals surface area contributed by atoms with Crippen LogP contribution in [0.4, 0.5) is 11.6 Å². The maximum atomic E-state index is 12.5. The van der Waals surface area contributed by atoms with E-state index in [0.29, 0.717) is 25.9 Å². The second-order valence-electron chi connectivity index (χ2n) is 6.82. The molecule has 1 aromatic heterocycles. The molecule has 0 bridgehead atoms. The molecule has 4 rings (SSSR count). The van der Waals surface area contributed by atoms with Gasteiger partial charge in [-0.05, 0) is 18.6 Å². The second kappa shape index (κ2) is 7.45. The van der Waals surface area contributed by atoms with E-state index < -0.39 is 0 Å². The molecule has 1 aromatic rings. The van der Waals surface area contributed by atoms with Crippen molar-refractivity contribution >= 4 is 23.5 Å². The van der Waals surface area contributed by atoms with Crippen molar-refractivity contribution in [3.05, 3.63) is 12.1 Å². The van der Waals surface area contributed by atoms with Gasteiger partial charge in [-0.2, -0.15) is 0 Å². The van der Waals surface area contributed by atoms with Crippen molar-refractivity contribution in [2.45, 2.75) is 18.9 Å². The van der Waals surface area contributed by atoms with E-state index in [1.54, 1.807) is 0 Å². The minimum atomic E-state index is -0.346. The predicted molar refractivity (Wildman–Crippen MR) is 95.0 cm³/mol. The Morgan fingerprint density at radius 3 is 2.15 bits per heavy atom. The van der Waals surface area contributed by atoms with E-state index in [-0.39, 0.29) is 17.9 Å². The highest BCUT2D eigenvalue weighted by molar-refractivity contribution is 5.90. The molecule has 0 aliphatic carbocycles. The number of rotatable bonds is 3. The van der Waals surface area contributed by atoms with E-state index in [4.69, 9.17) is 4.74 Å². The third kappa shape index (κ3) is 3.57. The van der Waals surface area contributed by atoms with Crippen LogP contribution in [-0.4, -0.2) is 85.4 Å². The van der Waals surface area contributed by atoms with Gasteiger partial charge in [0.25, 0.3) is 0 Å². The molecule has 0 radical (unpaired) electrons. The summed E-state index contributed by atoms with van der Waals surface area (Å²) < 4.78 is 5.36. The van der Waals surface area contributed by atoms with Crippen molar-refractivity contribution in [1.29, 1.82) is 0 Å². The van der Waals surface area contributed by atoms with Gasteiger partial charge in [-0.1, -0.05) is 0 Å². The highest BCUT2D eigenvalue weighted by Gasteiger charge is 2.32. The number of amides is 2. The fourth-order valence-electron chi connectivity index (χ4n) is 3.62. The van der Waals surface area contributed by atoms with Gasteiger partial charge in [0, 0.05) is 45.7 Å². The standard InChI is InChI=1S/C17H24N6O3/c24-16-4-1-13(18-16)17(25)23-7-5-21(6-8-23)14-2-3-15(20-19-14)22-9-11-26-12-10-22/h2-3,13H,1,4-12H2,(H,18,24). The molecule has 9 heteroatoms. The molecule has 0 aromatic carbocycles. The molecule has 1 atom stereocenters. The molecule has 9 nitrogen and oxygen atoms in total. The summed E-state index contributed by atoms with van der Waals surface area (Å²) in [4.78, 5) is 29.9. The van der Waals surface area contributed by atoms with E-state index >= 15 is 0 Å². The van der Waals surface area contributed by atoms with Crippen LogP contribution in [0.25, 0.3) is 0 Å². The molecule has 2 amide bonds. The number of carbonyl (C=O) groups is 2. The number of carbonyl (C=O) groups excluding carboxylic acids is 2. The van der Waals surface area contributed by atoms with Crippen LogP contribution in [0.1, 0.15) is 12.8 Å². The Morgan fingerprint density at radius 1 is 1.00 bits per heavy atom. The molecule has 4 heterocycles. The quantitative estimate of drug-likeness (QED) is 0.758. The zero-order valence-electron chi connectivity index (χ0n) is 14.8. The molecule has 26 heavy (non-hydrogen) atoms. The smallest absolute Gasteiger partial charge is 0.245 e. The zero-order chi connectivity index (χ0) is 17.9. The molecule has 140 valence electrons. The molecule has 3 saturated heterocycles. The lowest BCUT2D eigenvalue weighted by Gasteiger charge is -2.36. The molecule has 1 N–H and O–H groups in total. The Labute approximate surface area is 152 Å². The first kappa shape index (κ1) is 17.0. The normalized spacial score (nSPS) is 23.9. The number of ether oxygens (including phenoxy) is 1. The van der Waals surface area contributed by atoms with Crippen LogP contribution in [0.2, 0.25) is 0 Å². The number of hydrogen-bond acceptors (Lipinski definition) is 7. The van der Waals surface area contributed by atoms with Crippen LogP contribution in [0.3, 0.4) is 0 Å². The van der Waals surface area contributed by atoms with Crippen LogP contribution in [0.15, 0.2) is 12.1 Å². The second-order valence-corrected chi connectivity index (χ2v) is 6.82. The number of aromatic nitrogens is 2. The van der Waals surface area contributed by atoms with Gasteiger partial charge in [0.1, 0.15) is 6.04 Å². The topological polar surface area (TPSA) is 90.9 Å².